The molecule has 0 unspecified atom stereocenters. The van der Waals surface area contributed by atoms with Crippen molar-refractivity contribution < 1.29 is 14.3 Å². The molecule has 0 saturated carbocycles. The van der Waals surface area contributed by atoms with Gasteiger partial charge in [0.15, 0.2) is 0 Å². The van der Waals surface area contributed by atoms with E-state index in [4.69, 9.17) is 21.1 Å². The Labute approximate surface area is 145 Å². The number of hydrogen-bond acceptors (Lipinski definition) is 4. The van der Waals surface area contributed by atoms with Gasteiger partial charge in [0.05, 0.1) is 0 Å². The van der Waals surface area contributed by atoms with E-state index in [0.717, 1.165) is 0 Å². The molecule has 1 radical (unpaired) electrons. The summed E-state index contributed by atoms with van der Waals surface area (Å²) in [6.07, 6.45) is -0.277. The molecular weight excluding hydrogens is 271 g/mol. The number of aromatic nitrogens is 2. The van der Waals surface area contributed by atoms with Crippen molar-refractivity contribution in [2.75, 3.05) is 0 Å². The Morgan fingerprint density at radius 1 is 1.29 bits per heavy atom. The van der Waals surface area contributed by atoms with Gasteiger partial charge < -0.3 is 9.52 Å². The van der Waals surface area contributed by atoms with E-state index in [-0.39, 0.29) is 69.6 Å². The summed E-state index contributed by atoms with van der Waals surface area (Å²) < 4.78 is 5.17. The predicted octanol–water partition coefficient (Wildman–Crippen LogP) is 1.64. The molecule has 0 amide bonds. The quantitative estimate of drug-likeness (QED) is 0.863. The van der Waals surface area contributed by atoms with Crippen molar-refractivity contribution >= 4 is 69.0 Å². The van der Waals surface area contributed by atoms with Gasteiger partial charge in [-0.25, -0.2) is 0 Å². The first kappa shape index (κ1) is 14.8. The maximum atomic E-state index is 10.4. The Kier molecular flexibility index (Phi) is 5.77. The minimum absolute atomic E-state index is 0. The third-order valence-electron chi connectivity index (χ3n) is 1.86. The summed E-state index contributed by atoms with van der Waals surface area (Å²) in [6, 6.07) is 6.83. The maximum absolute atomic E-state index is 10.4. The Balaban J connectivity index is 0.00000144. The molecule has 2 rings (SSSR count). The maximum Gasteiger partial charge on any atom is 0.312 e. The molecule has 0 fully saturated rings. The number of benzene rings is 1. The van der Waals surface area contributed by atoms with Crippen molar-refractivity contribution in [3.8, 4) is 11.5 Å². The second-order valence-electron chi connectivity index (χ2n) is 3.08. The van der Waals surface area contributed by atoms with Gasteiger partial charge in [0, 0.05) is 62.0 Å². The fraction of sp³-hybridized carbons (Fsp3) is 0.100. The summed E-state index contributed by atoms with van der Waals surface area (Å²) in [5.41, 5.74) is 0.702. The van der Waals surface area contributed by atoms with Gasteiger partial charge in [0.1, 0.15) is 6.42 Å². The van der Waals surface area contributed by atoms with Crippen molar-refractivity contribution in [2.45, 2.75) is 6.42 Å². The topological polar surface area (TPSA) is 76.2 Å². The molecule has 1 heterocycles. The molecule has 2 aromatic rings. The van der Waals surface area contributed by atoms with Crippen LogP contribution in [0.5, 0.6) is 0 Å². The normalized spacial score (nSPS) is 9.71. The minimum atomic E-state index is -1.01. The average molecular weight is 278 g/mol. The van der Waals surface area contributed by atoms with Gasteiger partial charge in [-0.2, -0.15) is 0 Å². The molecule has 17 heavy (non-hydrogen) atoms. The molecule has 83 valence electrons. The van der Waals surface area contributed by atoms with Gasteiger partial charge in [-0.3, -0.25) is 4.79 Å². The van der Waals surface area contributed by atoms with E-state index in [1.165, 1.54) is 0 Å². The number of carboxylic acids is 1. The number of rotatable bonds is 3. The summed E-state index contributed by atoms with van der Waals surface area (Å²) in [7, 11) is 0. The van der Waals surface area contributed by atoms with Crippen LogP contribution in [0.25, 0.3) is 11.5 Å². The third kappa shape index (κ3) is 4.16. The number of carboxylic acid groups (broad SMARTS) is 1. The number of halogens is 1. The molecule has 1 N–H and O–H groups in total. The first-order chi connectivity index (χ1) is 7.65. The number of aliphatic carboxylic acids is 1. The van der Waals surface area contributed by atoms with E-state index in [2.05, 4.69) is 10.2 Å². The van der Waals surface area contributed by atoms with Crippen LogP contribution >= 0.6 is 11.6 Å². The fourth-order valence-electron chi connectivity index (χ4n) is 1.16. The Bertz CT molecular complexity index is 513. The zero-order valence-corrected chi connectivity index (χ0v) is 12.9. The van der Waals surface area contributed by atoms with E-state index >= 15 is 0 Å². The van der Waals surface area contributed by atoms with Crippen LogP contribution in [0.3, 0.4) is 0 Å². The first-order valence-corrected chi connectivity index (χ1v) is 4.83. The van der Waals surface area contributed by atoms with E-state index in [9.17, 15) is 4.79 Å². The molecule has 0 aliphatic heterocycles. The van der Waals surface area contributed by atoms with Crippen molar-refractivity contribution in [3.05, 3.63) is 35.2 Å². The number of nitrogens with zero attached hydrogens (tertiary/aromatic N) is 2. The Hall–Kier alpha value is -0.244. The minimum Gasteiger partial charge on any atom is -0.481 e. The average Bonchev–Trinajstić information content (AvgIpc) is 2.66. The van der Waals surface area contributed by atoms with Crippen molar-refractivity contribution in [1.82, 2.24) is 10.2 Å². The zero-order chi connectivity index (χ0) is 11.5. The molecule has 5 nitrogen and oxygen atoms in total. The molecule has 0 bridgehead atoms. The summed E-state index contributed by atoms with van der Waals surface area (Å²) in [6.45, 7) is 0. The summed E-state index contributed by atoms with van der Waals surface area (Å²) in [4.78, 5) is 10.4. The molecule has 0 aliphatic carbocycles. The third-order valence-corrected chi connectivity index (χ3v) is 2.11. The second kappa shape index (κ2) is 6.63. The van der Waals surface area contributed by atoms with E-state index in [0.29, 0.717) is 10.6 Å². The number of carbonyl (C=O) groups is 1. The summed E-state index contributed by atoms with van der Waals surface area (Å²) in [5, 5.41) is 16.5. The largest absolute Gasteiger partial charge is 0.481 e. The Morgan fingerprint density at radius 2 is 1.94 bits per heavy atom. The van der Waals surface area contributed by atoms with Gasteiger partial charge >= 0.3 is 5.97 Å². The van der Waals surface area contributed by atoms with Crippen LogP contribution in [0.15, 0.2) is 28.7 Å². The van der Waals surface area contributed by atoms with Crippen LogP contribution < -0.4 is 0 Å². The summed E-state index contributed by atoms with van der Waals surface area (Å²) in [5.74, 6) is -0.642. The van der Waals surface area contributed by atoms with Crippen LogP contribution in [-0.2, 0) is 11.2 Å². The van der Waals surface area contributed by atoms with Crippen LogP contribution in [-0.4, -0.2) is 72.7 Å². The van der Waals surface area contributed by atoms with Gasteiger partial charge in [0.25, 0.3) is 0 Å². The number of hydrogen-bond donors (Lipinski definition) is 1. The van der Waals surface area contributed by atoms with Crippen LogP contribution in [0.4, 0.5) is 0 Å². The van der Waals surface area contributed by atoms with Crippen molar-refractivity contribution in [3.63, 3.8) is 0 Å². The van der Waals surface area contributed by atoms with E-state index < -0.39 is 5.97 Å². The predicted molar refractivity (Wildman–Crippen MR) is 61.8 cm³/mol. The van der Waals surface area contributed by atoms with Gasteiger partial charge in [-0.15, -0.1) is 10.2 Å². The Morgan fingerprint density at radius 3 is 2.53 bits per heavy atom. The van der Waals surface area contributed by atoms with Crippen molar-refractivity contribution in [1.29, 1.82) is 0 Å². The second-order valence-corrected chi connectivity index (χ2v) is 3.51. The van der Waals surface area contributed by atoms with Crippen LogP contribution in [0, 0.1) is 0 Å². The van der Waals surface area contributed by atoms with Gasteiger partial charge in [0.2, 0.25) is 11.8 Å². The standard InChI is InChI=1S/C10H7ClN2O3.K/c11-7-3-1-6(2-4-7)10-13-12-8(16-10)5-9(14)15;/h1-4H,5H2,(H,14,15);. The molecular formula is C10H7ClKN2O3. The van der Waals surface area contributed by atoms with Crippen LogP contribution in [0.1, 0.15) is 5.89 Å². The fourth-order valence-corrected chi connectivity index (χ4v) is 1.29. The molecule has 0 saturated heterocycles. The van der Waals surface area contributed by atoms with Gasteiger partial charge in [-0.05, 0) is 24.3 Å². The SMILES string of the molecule is O=C(O)Cc1nnc(-c2ccc(Cl)cc2)o1.[K]. The molecule has 0 aliphatic rings. The van der Waals surface area contributed by atoms with E-state index in [1.807, 2.05) is 0 Å². The monoisotopic (exact) mass is 277 g/mol. The molecule has 0 spiro atoms. The van der Waals surface area contributed by atoms with Crippen molar-refractivity contribution in [2.24, 2.45) is 0 Å². The molecule has 1 aromatic heterocycles. The smallest absolute Gasteiger partial charge is 0.312 e. The molecule has 7 heteroatoms. The van der Waals surface area contributed by atoms with Gasteiger partial charge in [-0.1, -0.05) is 11.6 Å². The zero-order valence-electron chi connectivity index (χ0n) is 9.05. The first-order valence-electron chi connectivity index (χ1n) is 4.45. The summed E-state index contributed by atoms with van der Waals surface area (Å²) >= 11 is 5.73. The van der Waals surface area contributed by atoms with Crippen LogP contribution in [0.2, 0.25) is 5.02 Å². The van der Waals surface area contributed by atoms with E-state index in [1.54, 1.807) is 24.3 Å². The molecule has 1 aromatic carbocycles. The molecule has 0 atom stereocenters.